The summed E-state index contributed by atoms with van der Waals surface area (Å²) in [5, 5.41) is 8.13. The molecule has 0 unspecified atom stereocenters. The number of amides is 1. The Morgan fingerprint density at radius 1 is 1.21 bits per heavy atom. The van der Waals surface area contributed by atoms with Gasteiger partial charge in [0, 0.05) is 25.5 Å². The standard InChI is InChI=1S/C13H15N5O/c1-10-14-6-9-18(10)12-5-4-11(15-16-12)13(19)17-7-2-3-8-17/h4-6,9H,2-3,7-8H2,1H3. The van der Waals surface area contributed by atoms with Crippen LogP contribution in [0.25, 0.3) is 5.82 Å². The highest BCUT2D eigenvalue weighted by Gasteiger charge is 2.20. The highest BCUT2D eigenvalue weighted by molar-refractivity contribution is 5.92. The van der Waals surface area contributed by atoms with E-state index in [-0.39, 0.29) is 5.91 Å². The van der Waals surface area contributed by atoms with Gasteiger partial charge in [0.2, 0.25) is 0 Å². The molecule has 0 aliphatic carbocycles. The Kier molecular flexibility index (Phi) is 2.98. The molecule has 0 atom stereocenters. The zero-order valence-electron chi connectivity index (χ0n) is 10.8. The molecule has 0 radical (unpaired) electrons. The van der Waals surface area contributed by atoms with Crippen molar-refractivity contribution in [1.29, 1.82) is 0 Å². The molecule has 1 fully saturated rings. The summed E-state index contributed by atoms with van der Waals surface area (Å²) in [6, 6.07) is 3.52. The minimum Gasteiger partial charge on any atom is -0.337 e. The summed E-state index contributed by atoms with van der Waals surface area (Å²) >= 11 is 0. The molecule has 0 spiro atoms. The van der Waals surface area contributed by atoms with Gasteiger partial charge in [0.25, 0.3) is 5.91 Å². The predicted molar refractivity (Wildman–Crippen MR) is 69.0 cm³/mol. The van der Waals surface area contributed by atoms with E-state index in [1.807, 2.05) is 22.6 Å². The SMILES string of the molecule is Cc1nccn1-c1ccc(C(=O)N2CCCC2)nn1. The van der Waals surface area contributed by atoms with Crippen molar-refractivity contribution in [3.63, 3.8) is 0 Å². The third-order valence-corrected chi connectivity index (χ3v) is 3.34. The number of hydrogen-bond acceptors (Lipinski definition) is 4. The number of imidazole rings is 1. The molecule has 19 heavy (non-hydrogen) atoms. The topological polar surface area (TPSA) is 63.9 Å². The Balaban J connectivity index is 1.83. The van der Waals surface area contributed by atoms with Crippen LogP contribution in [-0.4, -0.2) is 43.6 Å². The van der Waals surface area contributed by atoms with Crippen molar-refractivity contribution >= 4 is 5.91 Å². The smallest absolute Gasteiger partial charge is 0.274 e. The molecule has 6 nitrogen and oxygen atoms in total. The molecule has 2 aromatic rings. The lowest BCUT2D eigenvalue weighted by atomic mass is 10.3. The minimum absolute atomic E-state index is 0.0288. The van der Waals surface area contributed by atoms with E-state index in [1.54, 1.807) is 18.3 Å². The first kappa shape index (κ1) is 11.8. The van der Waals surface area contributed by atoms with E-state index in [0.29, 0.717) is 11.5 Å². The Hall–Kier alpha value is -2.24. The highest BCUT2D eigenvalue weighted by Crippen LogP contribution is 2.12. The molecule has 0 bridgehead atoms. The molecule has 1 aliphatic heterocycles. The highest BCUT2D eigenvalue weighted by atomic mass is 16.2. The Bertz CT molecular complexity index is 583. The Labute approximate surface area is 111 Å². The first-order chi connectivity index (χ1) is 9.25. The fourth-order valence-corrected chi connectivity index (χ4v) is 2.27. The number of likely N-dealkylation sites (tertiary alicyclic amines) is 1. The lowest BCUT2D eigenvalue weighted by Crippen LogP contribution is -2.28. The van der Waals surface area contributed by atoms with E-state index < -0.39 is 0 Å². The summed E-state index contributed by atoms with van der Waals surface area (Å²) in [4.78, 5) is 18.1. The van der Waals surface area contributed by atoms with Gasteiger partial charge >= 0.3 is 0 Å². The first-order valence-electron chi connectivity index (χ1n) is 6.39. The zero-order valence-corrected chi connectivity index (χ0v) is 10.8. The van der Waals surface area contributed by atoms with E-state index in [1.165, 1.54) is 0 Å². The van der Waals surface area contributed by atoms with Crippen LogP contribution in [0.3, 0.4) is 0 Å². The molecule has 0 saturated carbocycles. The third-order valence-electron chi connectivity index (χ3n) is 3.34. The number of nitrogens with zero attached hydrogens (tertiary/aromatic N) is 5. The molecule has 2 aromatic heterocycles. The van der Waals surface area contributed by atoms with E-state index in [4.69, 9.17) is 0 Å². The maximum atomic E-state index is 12.1. The van der Waals surface area contributed by atoms with E-state index >= 15 is 0 Å². The van der Waals surface area contributed by atoms with E-state index in [2.05, 4.69) is 15.2 Å². The van der Waals surface area contributed by atoms with Crippen LogP contribution in [0.2, 0.25) is 0 Å². The van der Waals surface area contributed by atoms with Gasteiger partial charge in [0.1, 0.15) is 5.82 Å². The second kappa shape index (κ2) is 4.79. The zero-order chi connectivity index (χ0) is 13.2. The Morgan fingerprint density at radius 3 is 2.58 bits per heavy atom. The molecule has 1 saturated heterocycles. The van der Waals surface area contributed by atoms with Crippen LogP contribution >= 0.6 is 0 Å². The van der Waals surface area contributed by atoms with Crippen LogP contribution < -0.4 is 0 Å². The Morgan fingerprint density at radius 2 is 2.00 bits per heavy atom. The van der Waals surface area contributed by atoms with Crippen LogP contribution in [0.4, 0.5) is 0 Å². The molecule has 6 heteroatoms. The molecule has 98 valence electrons. The monoisotopic (exact) mass is 257 g/mol. The summed E-state index contributed by atoms with van der Waals surface area (Å²) < 4.78 is 1.83. The van der Waals surface area contributed by atoms with Crippen LogP contribution in [0.1, 0.15) is 29.2 Å². The number of carbonyl (C=O) groups excluding carboxylic acids is 1. The maximum Gasteiger partial charge on any atom is 0.274 e. The molecule has 0 N–H and O–H groups in total. The molecule has 3 heterocycles. The van der Waals surface area contributed by atoms with Gasteiger partial charge in [-0.05, 0) is 31.9 Å². The largest absolute Gasteiger partial charge is 0.337 e. The lowest BCUT2D eigenvalue weighted by Gasteiger charge is -2.14. The quantitative estimate of drug-likeness (QED) is 0.811. The van der Waals surface area contributed by atoms with Crippen molar-refractivity contribution in [2.75, 3.05) is 13.1 Å². The molecule has 0 aromatic carbocycles. The van der Waals surface area contributed by atoms with Gasteiger partial charge in [-0.2, -0.15) is 0 Å². The summed E-state index contributed by atoms with van der Waals surface area (Å²) in [5.41, 5.74) is 0.406. The van der Waals surface area contributed by atoms with E-state index in [0.717, 1.165) is 31.8 Å². The third kappa shape index (κ3) is 2.21. The van der Waals surface area contributed by atoms with Gasteiger partial charge < -0.3 is 4.90 Å². The van der Waals surface area contributed by atoms with Gasteiger partial charge in [0.15, 0.2) is 11.5 Å². The molecular formula is C13H15N5O. The van der Waals surface area contributed by atoms with E-state index in [9.17, 15) is 4.79 Å². The van der Waals surface area contributed by atoms with Crippen LogP contribution in [0, 0.1) is 6.92 Å². The van der Waals surface area contributed by atoms with Crippen LogP contribution in [-0.2, 0) is 0 Å². The van der Waals surface area contributed by atoms with Crippen molar-refractivity contribution < 1.29 is 4.79 Å². The fourth-order valence-electron chi connectivity index (χ4n) is 2.27. The van der Waals surface area contributed by atoms with Crippen molar-refractivity contribution in [1.82, 2.24) is 24.6 Å². The van der Waals surface area contributed by atoms with Crippen molar-refractivity contribution in [3.8, 4) is 5.82 Å². The second-order valence-corrected chi connectivity index (χ2v) is 4.62. The van der Waals surface area contributed by atoms with Gasteiger partial charge in [-0.3, -0.25) is 9.36 Å². The lowest BCUT2D eigenvalue weighted by molar-refractivity contribution is 0.0786. The summed E-state index contributed by atoms with van der Waals surface area (Å²) in [7, 11) is 0. The molecule has 3 rings (SSSR count). The summed E-state index contributed by atoms with van der Waals surface area (Å²) in [6.07, 6.45) is 5.68. The predicted octanol–water partition coefficient (Wildman–Crippen LogP) is 1.21. The maximum absolute atomic E-state index is 12.1. The normalized spacial score (nSPS) is 14.9. The number of hydrogen-bond donors (Lipinski definition) is 0. The minimum atomic E-state index is -0.0288. The molecule has 1 aliphatic rings. The first-order valence-corrected chi connectivity index (χ1v) is 6.39. The number of aryl methyl sites for hydroxylation is 1. The van der Waals surface area contributed by atoms with Gasteiger partial charge in [-0.1, -0.05) is 0 Å². The van der Waals surface area contributed by atoms with Crippen LogP contribution in [0.15, 0.2) is 24.5 Å². The summed E-state index contributed by atoms with van der Waals surface area (Å²) in [5.74, 6) is 1.49. The number of rotatable bonds is 2. The average molecular weight is 257 g/mol. The number of aromatic nitrogens is 4. The second-order valence-electron chi connectivity index (χ2n) is 4.62. The number of carbonyl (C=O) groups is 1. The molecule has 1 amide bonds. The van der Waals surface area contributed by atoms with Crippen molar-refractivity contribution in [3.05, 3.63) is 36.0 Å². The van der Waals surface area contributed by atoms with Gasteiger partial charge in [-0.25, -0.2) is 4.98 Å². The summed E-state index contributed by atoms with van der Waals surface area (Å²) in [6.45, 7) is 3.54. The van der Waals surface area contributed by atoms with Crippen LogP contribution in [0.5, 0.6) is 0 Å². The fraction of sp³-hybridized carbons (Fsp3) is 0.385. The van der Waals surface area contributed by atoms with Crippen molar-refractivity contribution in [2.45, 2.75) is 19.8 Å². The van der Waals surface area contributed by atoms with Gasteiger partial charge in [0.05, 0.1) is 0 Å². The van der Waals surface area contributed by atoms with Gasteiger partial charge in [-0.15, -0.1) is 10.2 Å². The average Bonchev–Trinajstić information content (AvgIpc) is 3.09. The van der Waals surface area contributed by atoms with Crippen molar-refractivity contribution in [2.24, 2.45) is 0 Å². The molecular weight excluding hydrogens is 242 g/mol.